The number of carbonyl (C=O) groups excluding carboxylic acids is 2. The molecule has 196 valence electrons. The lowest BCUT2D eigenvalue weighted by atomic mass is 9.47. The Morgan fingerprint density at radius 3 is 2.58 bits per heavy atom. The molecule has 1 heterocycles. The van der Waals surface area contributed by atoms with Crippen LogP contribution in [0.5, 0.6) is 5.75 Å². The van der Waals surface area contributed by atoms with E-state index in [-0.39, 0.29) is 47.8 Å². The number of thiazole rings is 1. The number of rotatable bonds is 5. The van der Waals surface area contributed by atoms with E-state index in [0.717, 1.165) is 10.6 Å². The summed E-state index contributed by atoms with van der Waals surface area (Å²) in [5.74, 6) is -0.608. The van der Waals surface area contributed by atoms with Crippen molar-refractivity contribution in [2.24, 2.45) is 22.2 Å². The van der Waals surface area contributed by atoms with Gasteiger partial charge in [0.1, 0.15) is 5.75 Å². The average molecular weight is 516 g/mol. The Kier molecular flexibility index (Phi) is 6.96. The van der Waals surface area contributed by atoms with E-state index in [4.69, 9.17) is 4.98 Å². The van der Waals surface area contributed by atoms with Gasteiger partial charge < -0.3 is 26.0 Å². The van der Waals surface area contributed by atoms with Crippen LogP contribution < -0.4 is 10.6 Å². The molecule has 4 rings (SSSR count). The van der Waals surface area contributed by atoms with E-state index < -0.39 is 16.9 Å². The van der Waals surface area contributed by atoms with E-state index in [1.54, 1.807) is 18.2 Å². The van der Waals surface area contributed by atoms with E-state index >= 15 is 0 Å². The molecule has 1 saturated carbocycles. The molecule has 2 aliphatic rings. The number of hydrogen-bond donors (Lipinski definition) is 5. The molecule has 8 nitrogen and oxygen atoms in total. The number of carbonyl (C=O) groups is 2. The smallest absolute Gasteiger partial charge is 0.231 e. The first kappa shape index (κ1) is 26.6. The van der Waals surface area contributed by atoms with Crippen molar-refractivity contribution >= 4 is 34.0 Å². The molecule has 2 amide bonds. The van der Waals surface area contributed by atoms with Gasteiger partial charge in [0, 0.05) is 39.8 Å². The van der Waals surface area contributed by atoms with Gasteiger partial charge >= 0.3 is 0 Å². The van der Waals surface area contributed by atoms with Crippen LogP contribution in [0.2, 0.25) is 0 Å². The molecule has 1 aromatic heterocycles. The first-order chi connectivity index (χ1) is 16.8. The highest BCUT2D eigenvalue weighted by Gasteiger charge is 2.59. The quantitative estimate of drug-likeness (QED) is 0.404. The van der Waals surface area contributed by atoms with Crippen LogP contribution in [0.25, 0.3) is 0 Å². The third-order valence-corrected chi connectivity index (χ3v) is 9.32. The van der Waals surface area contributed by atoms with E-state index in [0.29, 0.717) is 30.1 Å². The van der Waals surface area contributed by atoms with Gasteiger partial charge in [0.2, 0.25) is 11.8 Å². The third kappa shape index (κ3) is 4.76. The minimum Gasteiger partial charge on any atom is -0.508 e. The fourth-order valence-electron chi connectivity index (χ4n) is 5.96. The van der Waals surface area contributed by atoms with Gasteiger partial charge in [-0.1, -0.05) is 40.7 Å². The van der Waals surface area contributed by atoms with Gasteiger partial charge in [0.05, 0.1) is 18.4 Å². The molecule has 5 N–H and O–H groups in total. The van der Waals surface area contributed by atoms with E-state index in [9.17, 15) is 24.9 Å². The summed E-state index contributed by atoms with van der Waals surface area (Å²) < 4.78 is 0. The number of hydrogen-bond acceptors (Lipinski definition) is 7. The number of aromatic nitrogens is 1. The predicted octanol–water partition coefficient (Wildman–Crippen LogP) is 4.28. The SMILES string of the molecule is CC(C)(C)C(=O)Nc1nc2c(s1)CC1C(C)(CO)C(O)CCC1(C)C2CC(=O)Nc1cccc(O)c1. The Morgan fingerprint density at radius 1 is 1.22 bits per heavy atom. The normalized spacial score (nSPS) is 29.7. The molecule has 1 fully saturated rings. The molecular formula is C27H37N3O5S. The number of aliphatic hydroxyl groups is 2. The van der Waals surface area contributed by atoms with Crippen molar-refractivity contribution in [1.82, 2.24) is 4.98 Å². The molecular weight excluding hydrogens is 478 g/mol. The van der Waals surface area contributed by atoms with Crippen molar-refractivity contribution in [3.8, 4) is 5.75 Å². The van der Waals surface area contributed by atoms with Crippen molar-refractivity contribution < 1.29 is 24.9 Å². The number of fused-ring (bicyclic) bond motifs is 2. The summed E-state index contributed by atoms with van der Waals surface area (Å²) in [6.07, 6.45) is 1.36. The second kappa shape index (κ2) is 9.43. The molecule has 1 aromatic carbocycles. The molecule has 5 atom stereocenters. The number of phenolic OH excluding ortho intramolecular Hbond substituents is 1. The van der Waals surface area contributed by atoms with Gasteiger partial charge in [-0.3, -0.25) is 9.59 Å². The number of benzene rings is 1. The Balaban J connectivity index is 1.71. The maximum atomic E-state index is 13.2. The van der Waals surface area contributed by atoms with Crippen molar-refractivity contribution in [3.63, 3.8) is 0 Å². The molecule has 2 aromatic rings. The molecule has 36 heavy (non-hydrogen) atoms. The van der Waals surface area contributed by atoms with Crippen LogP contribution in [-0.2, 0) is 16.0 Å². The van der Waals surface area contributed by atoms with Crippen LogP contribution in [0, 0.1) is 22.2 Å². The summed E-state index contributed by atoms with van der Waals surface area (Å²) in [6.45, 7) is 9.44. The van der Waals surface area contributed by atoms with Crippen molar-refractivity contribution in [1.29, 1.82) is 0 Å². The second-order valence-corrected chi connectivity index (χ2v) is 13.0. The Bertz CT molecular complexity index is 1160. The molecule has 0 aliphatic heterocycles. The summed E-state index contributed by atoms with van der Waals surface area (Å²) in [7, 11) is 0. The van der Waals surface area contributed by atoms with Crippen LogP contribution in [0.4, 0.5) is 10.8 Å². The van der Waals surface area contributed by atoms with Gasteiger partial charge in [-0.15, -0.1) is 11.3 Å². The Labute approximate surface area is 216 Å². The summed E-state index contributed by atoms with van der Waals surface area (Å²) in [6, 6.07) is 6.43. The van der Waals surface area contributed by atoms with Gasteiger partial charge in [0.25, 0.3) is 0 Å². The van der Waals surface area contributed by atoms with Crippen LogP contribution in [-0.4, -0.2) is 44.8 Å². The van der Waals surface area contributed by atoms with Crippen LogP contribution in [0.1, 0.15) is 70.4 Å². The molecule has 0 spiro atoms. The van der Waals surface area contributed by atoms with Crippen LogP contribution >= 0.6 is 11.3 Å². The minimum atomic E-state index is -0.719. The summed E-state index contributed by atoms with van der Waals surface area (Å²) in [5, 5.41) is 37.4. The summed E-state index contributed by atoms with van der Waals surface area (Å²) >= 11 is 1.41. The molecule has 9 heteroatoms. The van der Waals surface area contributed by atoms with Gasteiger partial charge in [-0.05, 0) is 42.7 Å². The fraction of sp³-hybridized carbons (Fsp3) is 0.593. The first-order valence-corrected chi connectivity index (χ1v) is 13.3. The molecule has 0 bridgehead atoms. The van der Waals surface area contributed by atoms with E-state index in [2.05, 4.69) is 17.6 Å². The zero-order valence-electron chi connectivity index (χ0n) is 21.6. The highest BCUT2D eigenvalue weighted by Crippen LogP contribution is 2.62. The average Bonchev–Trinajstić information content (AvgIpc) is 3.19. The van der Waals surface area contributed by atoms with Gasteiger partial charge in [-0.25, -0.2) is 4.98 Å². The number of anilines is 2. The number of aromatic hydroxyl groups is 1. The van der Waals surface area contributed by atoms with Crippen molar-refractivity contribution in [3.05, 3.63) is 34.8 Å². The maximum absolute atomic E-state index is 13.2. The third-order valence-electron chi connectivity index (χ3n) is 8.31. The number of amides is 2. The Morgan fingerprint density at radius 2 is 1.94 bits per heavy atom. The molecule has 0 radical (unpaired) electrons. The standard InChI is InChI=1S/C27H37N3O5S/c1-25(2,3)23(35)30-24-29-22-17(12-21(34)28-15-7-6-8-16(32)11-15)26(4)10-9-20(33)27(5,14-31)19(26)13-18(22)36-24/h6-8,11,17,19-20,31-33H,9-10,12-14H2,1-5H3,(H,28,34)(H,29,30,35). The lowest BCUT2D eigenvalue weighted by Gasteiger charge is -2.58. The van der Waals surface area contributed by atoms with Crippen LogP contribution in [0.3, 0.4) is 0 Å². The molecule has 0 saturated heterocycles. The largest absolute Gasteiger partial charge is 0.508 e. The van der Waals surface area contributed by atoms with E-state index in [1.165, 1.54) is 17.4 Å². The van der Waals surface area contributed by atoms with Crippen molar-refractivity contribution in [2.75, 3.05) is 17.2 Å². The first-order valence-electron chi connectivity index (χ1n) is 12.5. The Hall–Kier alpha value is -2.49. The zero-order chi connectivity index (χ0) is 26.5. The topological polar surface area (TPSA) is 132 Å². The van der Waals surface area contributed by atoms with Gasteiger partial charge in [0.15, 0.2) is 5.13 Å². The fourth-order valence-corrected chi connectivity index (χ4v) is 7.03. The number of nitrogens with zero attached hydrogens (tertiary/aromatic N) is 1. The molecule has 5 unspecified atom stereocenters. The highest BCUT2D eigenvalue weighted by molar-refractivity contribution is 7.15. The van der Waals surface area contributed by atoms with Crippen LogP contribution in [0.15, 0.2) is 24.3 Å². The van der Waals surface area contributed by atoms with E-state index in [1.807, 2.05) is 27.7 Å². The maximum Gasteiger partial charge on any atom is 0.231 e. The lowest BCUT2D eigenvalue weighted by Crippen LogP contribution is -2.57. The highest BCUT2D eigenvalue weighted by atomic mass is 32.1. The zero-order valence-corrected chi connectivity index (χ0v) is 22.4. The lowest BCUT2D eigenvalue weighted by molar-refractivity contribution is -0.143. The minimum absolute atomic E-state index is 0.0680. The van der Waals surface area contributed by atoms with Crippen molar-refractivity contribution in [2.45, 2.75) is 72.3 Å². The number of nitrogens with one attached hydrogen (secondary N) is 2. The summed E-state index contributed by atoms with van der Waals surface area (Å²) in [4.78, 5) is 31.7. The number of aliphatic hydroxyl groups excluding tert-OH is 2. The number of phenols is 1. The van der Waals surface area contributed by atoms with Gasteiger partial charge in [-0.2, -0.15) is 0 Å². The second-order valence-electron chi connectivity index (χ2n) is 11.9. The predicted molar refractivity (Wildman–Crippen MR) is 140 cm³/mol. The molecule has 2 aliphatic carbocycles. The summed E-state index contributed by atoms with van der Waals surface area (Å²) in [5.41, 5.74) is -0.367. The monoisotopic (exact) mass is 515 g/mol.